The highest BCUT2D eigenvalue weighted by atomic mass is 16.3. The van der Waals surface area contributed by atoms with E-state index in [2.05, 4.69) is 5.32 Å². The van der Waals surface area contributed by atoms with Gasteiger partial charge in [-0.15, -0.1) is 0 Å². The van der Waals surface area contributed by atoms with E-state index in [1.165, 1.54) is 0 Å². The first-order chi connectivity index (χ1) is 6.61. The topological polar surface area (TPSA) is 52.6 Å². The number of likely N-dealkylation sites (tertiary alicyclic amines) is 1. The predicted molar refractivity (Wildman–Crippen MR) is 55.0 cm³/mol. The number of hydrogen-bond donors (Lipinski definition) is 2. The summed E-state index contributed by atoms with van der Waals surface area (Å²) < 4.78 is 0. The van der Waals surface area contributed by atoms with Gasteiger partial charge in [-0.2, -0.15) is 0 Å². The Labute approximate surface area is 85.3 Å². The molecule has 0 aromatic carbocycles. The van der Waals surface area contributed by atoms with Crippen molar-refractivity contribution in [2.24, 2.45) is 0 Å². The van der Waals surface area contributed by atoms with Crippen LogP contribution in [0.5, 0.6) is 0 Å². The Balaban J connectivity index is 2.28. The Morgan fingerprint density at radius 3 is 2.50 bits per heavy atom. The maximum Gasteiger partial charge on any atom is 0.239 e. The van der Waals surface area contributed by atoms with Crippen LogP contribution < -0.4 is 5.32 Å². The molecule has 2 atom stereocenters. The fraction of sp³-hybridized carbons (Fsp3) is 0.900. The van der Waals surface area contributed by atoms with Crippen molar-refractivity contribution < 1.29 is 9.90 Å². The molecule has 14 heavy (non-hydrogen) atoms. The first kappa shape index (κ1) is 11.5. The van der Waals surface area contributed by atoms with Crippen LogP contribution in [0, 0.1) is 0 Å². The monoisotopic (exact) mass is 200 g/mol. The molecule has 4 heteroatoms. The molecule has 0 aliphatic carbocycles. The molecule has 1 rings (SSSR count). The highest BCUT2D eigenvalue weighted by Crippen LogP contribution is 2.08. The molecule has 1 aliphatic rings. The first-order valence-electron chi connectivity index (χ1n) is 5.31. The number of aliphatic hydroxyl groups excluding tert-OH is 1. The molecule has 0 saturated carbocycles. The summed E-state index contributed by atoms with van der Waals surface area (Å²) in [4.78, 5) is 13.6. The van der Waals surface area contributed by atoms with E-state index in [0.717, 1.165) is 25.9 Å². The second kappa shape index (κ2) is 5.32. The molecule has 82 valence electrons. The maximum absolute atomic E-state index is 11.7. The zero-order valence-electron chi connectivity index (χ0n) is 8.99. The van der Waals surface area contributed by atoms with Gasteiger partial charge in [0.2, 0.25) is 5.91 Å². The number of carbonyl (C=O) groups is 1. The molecule has 0 bridgehead atoms. The van der Waals surface area contributed by atoms with Gasteiger partial charge in [-0.3, -0.25) is 4.79 Å². The molecule has 4 nitrogen and oxygen atoms in total. The van der Waals surface area contributed by atoms with Crippen LogP contribution in [0.4, 0.5) is 0 Å². The number of carbonyl (C=O) groups excluding carboxylic acids is 1. The second-order valence-electron chi connectivity index (χ2n) is 4.01. The number of nitrogens with one attached hydrogen (secondary N) is 1. The average molecular weight is 200 g/mol. The molecule has 0 spiro atoms. The van der Waals surface area contributed by atoms with E-state index < -0.39 is 6.10 Å². The number of nitrogens with zero attached hydrogens (tertiary/aromatic N) is 1. The highest BCUT2D eigenvalue weighted by molar-refractivity contribution is 5.81. The van der Waals surface area contributed by atoms with Gasteiger partial charge in [0.25, 0.3) is 0 Å². The third kappa shape index (κ3) is 3.27. The van der Waals surface area contributed by atoms with Crippen molar-refractivity contribution in [3.05, 3.63) is 0 Å². The largest absolute Gasteiger partial charge is 0.392 e. The van der Waals surface area contributed by atoms with E-state index in [9.17, 15) is 4.79 Å². The number of rotatable bonds is 4. The van der Waals surface area contributed by atoms with Gasteiger partial charge in [-0.05, 0) is 26.7 Å². The Hall–Kier alpha value is -0.610. The summed E-state index contributed by atoms with van der Waals surface area (Å²) in [5.74, 6) is 0.156. The van der Waals surface area contributed by atoms with Crippen molar-refractivity contribution in [3.63, 3.8) is 0 Å². The molecule has 1 heterocycles. The fourth-order valence-corrected chi connectivity index (χ4v) is 1.65. The normalized spacial score (nSPS) is 20.9. The van der Waals surface area contributed by atoms with Gasteiger partial charge in [0.1, 0.15) is 0 Å². The summed E-state index contributed by atoms with van der Waals surface area (Å²) in [5, 5.41) is 12.1. The summed E-state index contributed by atoms with van der Waals surface area (Å²) >= 11 is 0. The van der Waals surface area contributed by atoms with Crippen LogP contribution in [0.25, 0.3) is 0 Å². The van der Waals surface area contributed by atoms with Crippen molar-refractivity contribution in [1.82, 2.24) is 10.2 Å². The van der Waals surface area contributed by atoms with Crippen LogP contribution in [0.2, 0.25) is 0 Å². The van der Waals surface area contributed by atoms with Crippen molar-refractivity contribution in [2.45, 2.75) is 38.8 Å². The van der Waals surface area contributed by atoms with Crippen molar-refractivity contribution in [3.8, 4) is 0 Å². The zero-order chi connectivity index (χ0) is 10.6. The minimum absolute atomic E-state index is 0.156. The molecule has 1 fully saturated rings. The van der Waals surface area contributed by atoms with Gasteiger partial charge in [0.15, 0.2) is 0 Å². The zero-order valence-corrected chi connectivity index (χ0v) is 8.99. The number of aliphatic hydroxyl groups is 1. The van der Waals surface area contributed by atoms with E-state index in [0.29, 0.717) is 6.54 Å². The predicted octanol–water partition coefficient (Wildman–Crippen LogP) is -0.0323. The molecule has 1 unspecified atom stereocenters. The van der Waals surface area contributed by atoms with Crippen molar-refractivity contribution in [1.29, 1.82) is 0 Å². The molecule has 2 N–H and O–H groups in total. The third-order valence-electron chi connectivity index (χ3n) is 2.51. The van der Waals surface area contributed by atoms with Crippen molar-refractivity contribution in [2.75, 3.05) is 19.6 Å². The van der Waals surface area contributed by atoms with E-state index in [1.54, 1.807) is 6.92 Å². The molecule has 1 aliphatic heterocycles. The lowest BCUT2D eigenvalue weighted by Crippen LogP contribution is -2.45. The molecule has 0 radical (unpaired) electrons. The van der Waals surface area contributed by atoms with E-state index in [4.69, 9.17) is 5.11 Å². The van der Waals surface area contributed by atoms with E-state index in [1.807, 2.05) is 11.8 Å². The Morgan fingerprint density at radius 1 is 1.43 bits per heavy atom. The molecule has 0 aromatic rings. The third-order valence-corrected chi connectivity index (χ3v) is 2.51. The first-order valence-corrected chi connectivity index (χ1v) is 5.31. The van der Waals surface area contributed by atoms with Crippen LogP contribution in [0.1, 0.15) is 26.7 Å². The molecule has 1 amide bonds. The summed E-state index contributed by atoms with van der Waals surface area (Å²) in [6.45, 7) is 5.81. The Bertz CT molecular complexity index is 189. The summed E-state index contributed by atoms with van der Waals surface area (Å²) in [6.07, 6.45) is 1.84. The smallest absolute Gasteiger partial charge is 0.239 e. The second-order valence-corrected chi connectivity index (χ2v) is 4.01. The summed E-state index contributed by atoms with van der Waals surface area (Å²) in [7, 11) is 0. The van der Waals surface area contributed by atoms with Crippen LogP contribution in [-0.4, -0.2) is 47.7 Å². The molecular formula is C10H20N2O2. The van der Waals surface area contributed by atoms with Gasteiger partial charge >= 0.3 is 0 Å². The Kier molecular flexibility index (Phi) is 4.35. The lowest BCUT2D eigenvalue weighted by Gasteiger charge is -2.21. The highest BCUT2D eigenvalue weighted by Gasteiger charge is 2.22. The number of hydrogen-bond acceptors (Lipinski definition) is 3. The van der Waals surface area contributed by atoms with Gasteiger partial charge in [-0.1, -0.05) is 0 Å². The fourth-order valence-electron chi connectivity index (χ4n) is 1.65. The van der Waals surface area contributed by atoms with E-state index in [-0.39, 0.29) is 11.9 Å². The van der Waals surface area contributed by atoms with Gasteiger partial charge in [0.05, 0.1) is 12.1 Å². The van der Waals surface area contributed by atoms with Gasteiger partial charge in [0, 0.05) is 19.6 Å². The minimum Gasteiger partial charge on any atom is -0.392 e. The van der Waals surface area contributed by atoms with Crippen LogP contribution in [0.3, 0.4) is 0 Å². The standard InChI is InChI=1S/C10H20N2O2/c1-8(13)7-11-9(2)10(14)12-5-3-4-6-12/h8-9,11,13H,3-7H2,1-2H3/t8-,9?/m0/s1. The Morgan fingerprint density at radius 2 is 2.00 bits per heavy atom. The maximum atomic E-state index is 11.7. The number of amides is 1. The quantitative estimate of drug-likeness (QED) is 0.670. The van der Waals surface area contributed by atoms with Crippen LogP contribution in [-0.2, 0) is 4.79 Å². The molecule has 1 saturated heterocycles. The lowest BCUT2D eigenvalue weighted by molar-refractivity contribution is -0.132. The van der Waals surface area contributed by atoms with Crippen LogP contribution in [0.15, 0.2) is 0 Å². The minimum atomic E-state index is -0.399. The lowest BCUT2D eigenvalue weighted by atomic mass is 10.2. The molecular weight excluding hydrogens is 180 g/mol. The van der Waals surface area contributed by atoms with Crippen LogP contribution >= 0.6 is 0 Å². The summed E-state index contributed by atoms with van der Waals surface area (Å²) in [5.41, 5.74) is 0. The average Bonchev–Trinajstić information content (AvgIpc) is 2.65. The van der Waals surface area contributed by atoms with Gasteiger partial charge in [-0.25, -0.2) is 0 Å². The molecule has 0 aromatic heterocycles. The van der Waals surface area contributed by atoms with Crippen molar-refractivity contribution >= 4 is 5.91 Å². The van der Waals surface area contributed by atoms with Gasteiger partial charge < -0.3 is 15.3 Å². The summed E-state index contributed by atoms with van der Waals surface area (Å²) in [6, 6.07) is -0.178. The van der Waals surface area contributed by atoms with E-state index >= 15 is 0 Å². The SMILES string of the molecule is CC(NC[C@H](C)O)C(=O)N1CCCC1.